The number of pyridine rings is 1. The Kier molecular flexibility index (Phi) is 9.06. The summed E-state index contributed by atoms with van der Waals surface area (Å²) >= 11 is 0. The number of benzene rings is 3. The second-order valence-electron chi connectivity index (χ2n) is 8.61. The molecule has 5 rings (SSSR count). The SMILES string of the molecule is C(=C\c1ccc2ccccc2[nH+]1)/c1ccc2c(c1)OCCOCCOc1ccccc1OCCOCCO2. The first-order valence-corrected chi connectivity index (χ1v) is 12.8. The van der Waals surface area contributed by atoms with E-state index in [1.165, 1.54) is 5.39 Å². The summed E-state index contributed by atoms with van der Waals surface area (Å²) in [5, 5.41) is 1.18. The molecule has 0 saturated heterocycles. The third-order valence-corrected chi connectivity index (χ3v) is 5.90. The van der Waals surface area contributed by atoms with E-state index in [0.717, 1.165) is 16.8 Å². The highest BCUT2D eigenvalue weighted by molar-refractivity contribution is 5.77. The maximum Gasteiger partial charge on any atom is 0.211 e. The Morgan fingerprint density at radius 3 is 1.76 bits per heavy atom. The van der Waals surface area contributed by atoms with Gasteiger partial charge in [0, 0.05) is 23.6 Å². The lowest BCUT2D eigenvalue weighted by Gasteiger charge is -2.15. The van der Waals surface area contributed by atoms with E-state index >= 15 is 0 Å². The van der Waals surface area contributed by atoms with Gasteiger partial charge < -0.3 is 28.4 Å². The van der Waals surface area contributed by atoms with Crippen molar-refractivity contribution in [2.24, 2.45) is 0 Å². The fourth-order valence-electron chi connectivity index (χ4n) is 4.01. The summed E-state index contributed by atoms with van der Waals surface area (Å²) in [6.07, 6.45) is 4.10. The van der Waals surface area contributed by atoms with Crippen LogP contribution in [-0.4, -0.2) is 52.9 Å². The van der Waals surface area contributed by atoms with Crippen molar-refractivity contribution in [2.75, 3.05) is 52.9 Å². The Morgan fingerprint density at radius 2 is 1.08 bits per heavy atom. The second kappa shape index (κ2) is 13.5. The van der Waals surface area contributed by atoms with Crippen LogP contribution in [0.4, 0.5) is 0 Å². The molecule has 3 aromatic carbocycles. The topological polar surface area (TPSA) is 69.5 Å². The Balaban J connectivity index is 1.23. The van der Waals surface area contributed by atoms with E-state index in [1.807, 2.05) is 66.7 Å². The summed E-state index contributed by atoms with van der Waals surface area (Å²) in [7, 11) is 0. The highest BCUT2D eigenvalue weighted by Crippen LogP contribution is 2.29. The van der Waals surface area contributed by atoms with E-state index in [4.69, 9.17) is 28.4 Å². The molecule has 38 heavy (non-hydrogen) atoms. The standard InChI is InChI=1S/C31H31NO6/c1-2-6-27-25(5-1)11-13-26(32-27)12-9-24-10-14-30-31(23-24)38-22-18-34-16-20-36-29-8-4-3-7-28(29)35-19-15-33-17-21-37-30/h1-14,23H,15-22H2/p+1/b12-9+. The predicted octanol–water partition coefficient (Wildman–Crippen LogP) is 5.09. The number of hydrogen-bond acceptors (Lipinski definition) is 6. The van der Waals surface area contributed by atoms with Gasteiger partial charge in [-0.15, -0.1) is 0 Å². The molecule has 7 heteroatoms. The lowest BCUT2D eigenvalue weighted by atomic mass is 10.1. The maximum atomic E-state index is 6.05. The Hall–Kier alpha value is -4.07. The van der Waals surface area contributed by atoms with Gasteiger partial charge in [-0.25, -0.2) is 4.98 Å². The molecule has 1 aromatic heterocycles. The van der Waals surface area contributed by atoms with Crippen LogP contribution >= 0.6 is 0 Å². The van der Waals surface area contributed by atoms with Gasteiger partial charge in [0.05, 0.1) is 26.4 Å². The van der Waals surface area contributed by atoms with Gasteiger partial charge in [0.25, 0.3) is 0 Å². The molecule has 0 amide bonds. The average molecular weight is 515 g/mol. The molecule has 0 atom stereocenters. The average Bonchev–Trinajstić information content (AvgIpc) is 2.96. The molecule has 1 aliphatic rings. The van der Waals surface area contributed by atoms with Crippen LogP contribution < -0.4 is 23.9 Å². The number of fused-ring (bicyclic) bond motifs is 3. The summed E-state index contributed by atoms with van der Waals surface area (Å²) in [6, 6.07) is 25.9. The number of aromatic amines is 1. The maximum absolute atomic E-state index is 6.05. The molecule has 4 aromatic rings. The highest BCUT2D eigenvalue weighted by atomic mass is 16.6. The van der Waals surface area contributed by atoms with Crippen molar-refractivity contribution >= 4 is 23.1 Å². The van der Waals surface area contributed by atoms with Crippen LogP contribution in [0.1, 0.15) is 11.3 Å². The zero-order valence-corrected chi connectivity index (χ0v) is 21.3. The van der Waals surface area contributed by atoms with Crippen LogP contribution in [0.5, 0.6) is 23.0 Å². The molecule has 0 saturated carbocycles. The summed E-state index contributed by atoms with van der Waals surface area (Å²) < 4.78 is 35.1. The van der Waals surface area contributed by atoms with Gasteiger partial charge in [-0.05, 0) is 48.0 Å². The van der Waals surface area contributed by atoms with E-state index in [0.29, 0.717) is 75.9 Å². The Bertz CT molecular complexity index is 1360. The molecule has 0 radical (unpaired) electrons. The molecule has 0 unspecified atom stereocenters. The lowest BCUT2D eigenvalue weighted by molar-refractivity contribution is -0.347. The molecular formula is C31H32NO6+. The third-order valence-electron chi connectivity index (χ3n) is 5.90. The number of ether oxygens (including phenoxy) is 6. The number of aromatic nitrogens is 1. The predicted molar refractivity (Wildman–Crippen MR) is 146 cm³/mol. The number of para-hydroxylation sites is 3. The molecule has 0 aliphatic carbocycles. The van der Waals surface area contributed by atoms with Crippen molar-refractivity contribution in [3.8, 4) is 23.0 Å². The molecule has 1 N–H and O–H groups in total. The third kappa shape index (κ3) is 7.25. The van der Waals surface area contributed by atoms with Crippen molar-refractivity contribution in [2.45, 2.75) is 0 Å². The quantitative estimate of drug-likeness (QED) is 0.371. The van der Waals surface area contributed by atoms with Crippen LogP contribution in [0.25, 0.3) is 23.1 Å². The largest absolute Gasteiger partial charge is 0.487 e. The molecule has 1 aliphatic heterocycles. The molecular weight excluding hydrogens is 482 g/mol. The van der Waals surface area contributed by atoms with E-state index in [9.17, 15) is 0 Å². The normalized spacial score (nSPS) is 15.6. The Labute approximate surface area is 222 Å². The minimum atomic E-state index is 0.387. The number of nitrogens with one attached hydrogen (secondary N) is 1. The van der Waals surface area contributed by atoms with Crippen LogP contribution in [0.3, 0.4) is 0 Å². The molecule has 0 spiro atoms. The van der Waals surface area contributed by atoms with Gasteiger partial charge in [0.2, 0.25) is 11.2 Å². The summed E-state index contributed by atoms with van der Waals surface area (Å²) in [5.41, 5.74) is 3.10. The van der Waals surface area contributed by atoms with E-state index in [-0.39, 0.29) is 0 Å². The van der Waals surface area contributed by atoms with Crippen LogP contribution in [-0.2, 0) is 9.47 Å². The molecule has 2 heterocycles. The molecule has 7 nitrogen and oxygen atoms in total. The highest BCUT2D eigenvalue weighted by Gasteiger charge is 2.09. The van der Waals surface area contributed by atoms with Crippen LogP contribution in [0.2, 0.25) is 0 Å². The van der Waals surface area contributed by atoms with Gasteiger partial charge >= 0.3 is 0 Å². The summed E-state index contributed by atoms with van der Waals surface area (Å²) in [4.78, 5) is 3.45. The fraction of sp³-hybridized carbons (Fsp3) is 0.258. The number of H-pyrrole nitrogens is 1. The van der Waals surface area contributed by atoms with Gasteiger partial charge in [-0.1, -0.05) is 30.3 Å². The van der Waals surface area contributed by atoms with Gasteiger partial charge in [0.15, 0.2) is 23.0 Å². The second-order valence-corrected chi connectivity index (χ2v) is 8.61. The van der Waals surface area contributed by atoms with Crippen LogP contribution in [0, 0.1) is 0 Å². The van der Waals surface area contributed by atoms with Crippen LogP contribution in [0.15, 0.2) is 78.9 Å². The minimum absolute atomic E-state index is 0.387. The zero-order valence-electron chi connectivity index (χ0n) is 21.3. The fourth-order valence-corrected chi connectivity index (χ4v) is 4.01. The van der Waals surface area contributed by atoms with Crippen molar-refractivity contribution in [3.63, 3.8) is 0 Å². The van der Waals surface area contributed by atoms with Crippen molar-refractivity contribution in [1.29, 1.82) is 0 Å². The Morgan fingerprint density at radius 1 is 0.500 bits per heavy atom. The first kappa shape index (κ1) is 25.6. The minimum Gasteiger partial charge on any atom is -0.487 e. The summed E-state index contributed by atoms with van der Waals surface area (Å²) in [5.74, 6) is 2.70. The number of rotatable bonds is 2. The zero-order chi connectivity index (χ0) is 25.8. The van der Waals surface area contributed by atoms with E-state index in [2.05, 4.69) is 29.2 Å². The van der Waals surface area contributed by atoms with Gasteiger partial charge in [-0.2, -0.15) is 0 Å². The lowest BCUT2D eigenvalue weighted by Crippen LogP contribution is -2.15. The van der Waals surface area contributed by atoms with Crippen molar-refractivity contribution < 1.29 is 33.4 Å². The molecule has 0 fully saturated rings. The monoisotopic (exact) mass is 514 g/mol. The number of hydrogen-bond donors (Lipinski definition) is 0. The van der Waals surface area contributed by atoms with Gasteiger partial charge in [-0.3, -0.25) is 0 Å². The smallest absolute Gasteiger partial charge is 0.211 e. The van der Waals surface area contributed by atoms with Crippen molar-refractivity contribution in [1.82, 2.24) is 0 Å². The van der Waals surface area contributed by atoms with Gasteiger partial charge in [0.1, 0.15) is 26.4 Å². The van der Waals surface area contributed by atoms with E-state index < -0.39 is 0 Å². The molecule has 0 bridgehead atoms. The first-order chi connectivity index (χ1) is 18.8. The molecule has 196 valence electrons. The van der Waals surface area contributed by atoms with Crippen molar-refractivity contribution in [3.05, 3.63) is 90.1 Å². The summed E-state index contributed by atoms with van der Waals surface area (Å²) in [6.45, 7) is 3.36. The van der Waals surface area contributed by atoms with E-state index in [1.54, 1.807) is 0 Å². The first-order valence-electron chi connectivity index (χ1n) is 12.8.